The summed E-state index contributed by atoms with van der Waals surface area (Å²) in [5.41, 5.74) is 4.08. The van der Waals surface area contributed by atoms with Gasteiger partial charge in [0.05, 0.1) is 5.56 Å². The van der Waals surface area contributed by atoms with Crippen LogP contribution in [-0.2, 0) is 6.42 Å². The number of hydrogen-bond donors (Lipinski definition) is 2. The Balaban J connectivity index is 1.74. The number of anilines is 2. The summed E-state index contributed by atoms with van der Waals surface area (Å²) in [5.74, 6) is -0.249. The molecule has 172 valence electrons. The predicted octanol–water partition coefficient (Wildman–Crippen LogP) is 5.80. The maximum atomic E-state index is 13.0. The Morgan fingerprint density at radius 2 is 1.69 bits per heavy atom. The highest BCUT2D eigenvalue weighted by Crippen LogP contribution is 2.28. The first-order valence-corrected chi connectivity index (χ1v) is 12.1. The molecule has 5 nitrogen and oxygen atoms in total. The van der Waals surface area contributed by atoms with Gasteiger partial charge in [0.25, 0.3) is 11.8 Å². The molecule has 3 rings (SSSR count). The van der Waals surface area contributed by atoms with Crippen LogP contribution in [0.15, 0.2) is 42.5 Å². The molecule has 1 aliphatic heterocycles. The summed E-state index contributed by atoms with van der Waals surface area (Å²) < 4.78 is 0. The van der Waals surface area contributed by atoms with E-state index in [9.17, 15) is 9.59 Å². The molecule has 1 heterocycles. The van der Waals surface area contributed by atoms with Crippen LogP contribution in [-0.4, -0.2) is 30.9 Å². The standard InChI is InChI=1S/C27H37N3O2/c1-4-6-7-10-21-11-13-22(14-12-21)26(31)29-23-15-16-25(30-17-8-9-18-30)24(19-23)27(32)28-20(3)5-2/h11-16,19-20H,4-10,17-18H2,1-3H3,(H,28,32)(H,29,31)/t20-/m1/s1. The summed E-state index contributed by atoms with van der Waals surface area (Å²) >= 11 is 0. The summed E-state index contributed by atoms with van der Waals surface area (Å²) in [6.07, 6.45) is 7.79. The van der Waals surface area contributed by atoms with Crippen LogP contribution < -0.4 is 15.5 Å². The number of benzene rings is 2. The zero-order valence-electron chi connectivity index (χ0n) is 19.7. The smallest absolute Gasteiger partial charge is 0.255 e. The van der Waals surface area contributed by atoms with E-state index in [2.05, 4.69) is 29.4 Å². The van der Waals surface area contributed by atoms with Gasteiger partial charge < -0.3 is 15.5 Å². The SMILES string of the molecule is CCCCCc1ccc(C(=O)Nc2ccc(N3CCCC3)c(C(=O)N[C@H](C)CC)c2)cc1. The summed E-state index contributed by atoms with van der Waals surface area (Å²) in [4.78, 5) is 28.1. The van der Waals surface area contributed by atoms with Gasteiger partial charge in [0.1, 0.15) is 0 Å². The predicted molar refractivity (Wildman–Crippen MR) is 133 cm³/mol. The first kappa shape index (κ1) is 23.8. The van der Waals surface area contributed by atoms with Crippen molar-refractivity contribution in [1.29, 1.82) is 0 Å². The summed E-state index contributed by atoms with van der Waals surface area (Å²) in [5, 5.41) is 6.04. The minimum atomic E-state index is -0.160. The van der Waals surface area contributed by atoms with Crippen molar-refractivity contribution in [3.8, 4) is 0 Å². The summed E-state index contributed by atoms with van der Waals surface area (Å²) in [6.45, 7) is 8.17. The third-order valence-corrected chi connectivity index (χ3v) is 6.22. The molecule has 5 heteroatoms. The number of nitrogens with zero attached hydrogens (tertiary/aromatic N) is 1. The van der Waals surface area contributed by atoms with Crippen LogP contribution in [0.4, 0.5) is 11.4 Å². The van der Waals surface area contributed by atoms with E-state index in [1.54, 1.807) is 0 Å². The van der Waals surface area contributed by atoms with Crippen molar-refractivity contribution in [2.24, 2.45) is 0 Å². The van der Waals surface area contributed by atoms with Crippen molar-refractivity contribution >= 4 is 23.2 Å². The van der Waals surface area contributed by atoms with E-state index in [1.807, 2.05) is 49.4 Å². The lowest BCUT2D eigenvalue weighted by molar-refractivity contribution is 0.0938. The fourth-order valence-corrected chi connectivity index (χ4v) is 4.04. The number of unbranched alkanes of at least 4 members (excludes halogenated alkanes) is 2. The molecule has 1 fully saturated rings. The zero-order chi connectivity index (χ0) is 22.9. The normalized spacial score (nSPS) is 14.3. The lowest BCUT2D eigenvalue weighted by Crippen LogP contribution is -2.33. The molecule has 1 atom stereocenters. The lowest BCUT2D eigenvalue weighted by atomic mass is 10.0. The molecular weight excluding hydrogens is 398 g/mol. The Hall–Kier alpha value is -2.82. The van der Waals surface area contributed by atoms with E-state index < -0.39 is 0 Å². The molecule has 0 unspecified atom stereocenters. The molecule has 0 aliphatic carbocycles. The van der Waals surface area contributed by atoms with Crippen LogP contribution in [0.5, 0.6) is 0 Å². The molecule has 32 heavy (non-hydrogen) atoms. The second kappa shape index (κ2) is 11.7. The maximum Gasteiger partial charge on any atom is 0.255 e. The minimum Gasteiger partial charge on any atom is -0.371 e. The Kier molecular flexibility index (Phi) is 8.72. The van der Waals surface area contributed by atoms with Crippen LogP contribution in [0.1, 0.15) is 85.6 Å². The number of nitrogens with one attached hydrogen (secondary N) is 2. The number of aryl methyl sites for hydroxylation is 1. The fraction of sp³-hybridized carbons (Fsp3) is 0.481. The maximum absolute atomic E-state index is 13.0. The molecule has 0 spiro atoms. The molecule has 0 bridgehead atoms. The number of amides is 2. The van der Waals surface area contributed by atoms with E-state index >= 15 is 0 Å². The van der Waals surface area contributed by atoms with Crippen molar-refractivity contribution < 1.29 is 9.59 Å². The number of carbonyl (C=O) groups excluding carboxylic acids is 2. The molecule has 2 amide bonds. The Labute approximate surface area is 192 Å². The highest BCUT2D eigenvalue weighted by Gasteiger charge is 2.21. The highest BCUT2D eigenvalue weighted by molar-refractivity contribution is 6.06. The molecule has 2 aromatic rings. The van der Waals surface area contributed by atoms with E-state index in [-0.39, 0.29) is 17.9 Å². The summed E-state index contributed by atoms with van der Waals surface area (Å²) in [7, 11) is 0. The molecular formula is C27H37N3O2. The average molecular weight is 436 g/mol. The van der Waals surface area contributed by atoms with Crippen LogP contribution in [0, 0.1) is 0 Å². The molecule has 1 aliphatic rings. The second-order valence-corrected chi connectivity index (χ2v) is 8.82. The van der Waals surface area contributed by atoms with Gasteiger partial charge in [-0.05, 0) is 74.9 Å². The van der Waals surface area contributed by atoms with Gasteiger partial charge in [-0.15, -0.1) is 0 Å². The Bertz CT molecular complexity index is 902. The van der Waals surface area contributed by atoms with Crippen LogP contribution in [0.3, 0.4) is 0 Å². The van der Waals surface area contributed by atoms with Gasteiger partial charge in [-0.1, -0.05) is 38.8 Å². The fourth-order valence-electron chi connectivity index (χ4n) is 4.04. The van der Waals surface area contributed by atoms with E-state index in [0.717, 1.165) is 44.5 Å². The monoisotopic (exact) mass is 435 g/mol. The third-order valence-electron chi connectivity index (χ3n) is 6.22. The van der Waals surface area contributed by atoms with Gasteiger partial charge in [-0.3, -0.25) is 9.59 Å². The van der Waals surface area contributed by atoms with Crippen molar-refractivity contribution in [2.75, 3.05) is 23.3 Å². The van der Waals surface area contributed by atoms with Crippen molar-refractivity contribution in [3.63, 3.8) is 0 Å². The van der Waals surface area contributed by atoms with Gasteiger partial charge in [0, 0.05) is 36.1 Å². The lowest BCUT2D eigenvalue weighted by Gasteiger charge is -2.23. The number of carbonyl (C=O) groups is 2. The van der Waals surface area contributed by atoms with Gasteiger partial charge >= 0.3 is 0 Å². The molecule has 0 saturated carbocycles. The molecule has 0 radical (unpaired) electrons. The molecule has 0 aromatic heterocycles. The minimum absolute atomic E-state index is 0.0891. The molecule has 1 saturated heterocycles. The van der Waals surface area contributed by atoms with E-state index in [1.165, 1.54) is 24.8 Å². The molecule has 2 aromatic carbocycles. The number of hydrogen-bond acceptors (Lipinski definition) is 3. The highest BCUT2D eigenvalue weighted by atomic mass is 16.2. The topological polar surface area (TPSA) is 61.4 Å². The van der Waals surface area contributed by atoms with Gasteiger partial charge in [0.2, 0.25) is 0 Å². The van der Waals surface area contributed by atoms with Crippen molar-refractivity contribution in [3.05, 3.63) is 59.2 Å². The van der Waals surface area contributed by atoms with E-state index in [4.69, 9.17) is 0 Å². The molecule has 2 N–H and O–H groups in total. The van der Waals surface area contributed by atoms with Crippen molar-refractivity contribution in [2.45, 2.75) is 71.8 Å². The first-order valence-electron chi connectivity index (χ1n) is 12.1. The second-order valence-electron chi connectivity index (χ2n) is 8.82. The van der Waals surface area contributed by atoms with Gasteiger partial charge in [-0.2, -0.15) is 0 Å². The zero-order valence-corrected chi connectivity index (χ0v) is 19.7. The summed E-state index contributed by atoms with van der Waals surface area (Å²) in [6, 6.07) is 13.6. The van der Waals surface area contributed by atoms with Crippen molar-refractivity contribution in [1.82, 2.24) is 5.32 Å². The Morgan fingerprint density at radius 3 is 2.34 bits per heavy atom. The van der Waals surface area contributed by atoms with Crippen LogP contribution >= 0.6 is 0 Å². The van der Waals surface area contributed by atoms with E-state index in [0.29, 0.717) is 16.8 Å². The largest absolute Gasteiger partial charge is 0.371 e. The average Bonchev–Trinajstić information content (AvgIpc) is 3.34. The third kappa shape index (κ3) is 6.35. The first-order chi connectivity index (χ1) is 15.5. The van der Waals surface area contributed by atoms with Crippen LogP contribution in [0.2, 0.25) is 0 Å². The quantitative estimate of drug-likeness (QED) is 0.464. The van der Waals surface area contributed by atoms with Gasteiger partial charge in [0.15, 0.2) is 0 Å². The Morgan fingerprint density at radius 1 is 0.969 bits per heavy atom. The number of rotatable bonds is 10. The van der Waals surface area contributed by atoms with Gasteiger partial charge in [-0.25, -0.2) is 0 Å². The van der Waals surface area contributed by atoms with Crippen LogP contribution in [0.25, 0.3) is 0 Å².